The number of nitrogens with two attached hydrogens (primary N) is 1. The molecule has 0 bridgehead atoms. The molecular formula is C14H18BrNO4. The number of benzene rings is 1. The third-order valence-corrected chi connectivity index (χ3v) is 3.78. The average molecular weight is 344 g/mol. The Labute approximate surface area is 126 Å². The van der Waals surface area contributed by atoms with E-state index in [1.165, 1.54) is 0 Å². The van der Waals surface area contributed by atoms with E-state index in [4.69, 9.17) is 20.3 Å². The van der Waals surface area contributed by atoms with Gasteiger partial charge in [-0.3, -0.25) is 4.79 Å². The molecule has 1 aliphatic rings. The summed E-state index contributed by atoms with van der Waals surface area (Å²) < 4.78 is 12.2. The van der Waals surface area contributed by atoms with E-state index in [9.17, 15) is 4.79 Å². The van der Waals surface area contributed by atoms with Gasteiger partial charge in [0.25, 0.3) is 0 Å². The lowest BCUT2D eigenvalue weighted by Gasteiger charge is -2.19. The molecule has 1 aromatic carbocycles. The second kappa shape index (κ2) is 5.61. The first-order chi connectivity index (χ1) is 9.28. The number of ether oxygens (including phenoxy) is 2. The summed E-state index contributed by atoms with van der Waals surface area (Å²) in [5.74, 6) is 0.320. The zero-order chi connectivity index (χ0) is 14.9. The minimum Gasteiger partial charge on any atom is -0.489 e. The lowest BCUT2D eigenvalue weighted by molar-refractivity contribution is -0.137. The molecule has 1 aliphatic heterocycles. The minimum absolute atomic E-state index is 0.0746. The van der Waals surface area contributed by atoms with E-state index >= 15 is 0 Å². The van der Waals surface area contributed by atoms with E-state index < -0.39 is 12.0 Å². The van der Waals surface area contributed by atoms with Crippen LogP contribution in [0.2, 0.25) is 0 Å². The van der Waals surface area contributed by atoms with Crippen LogP contribution in [-0.4, -0.2) is 24.3 Å². The van der Waals surface area contributed by atoms with Crippen molar-refractivity contribution in [3.05, 3.63) is 22.2 Å². The molecular weight excluding hydrogens is 326 g/mol. The van der Waals surface area contributed by atoms with Gasteiger partial charge >= 0.3 is 5.97 Å². The summed E-state index contributed by atoms with van der Waals surface area (Å²) >= 11 is 3.41. The van der Waals surface area contributed by atoms with Gasteiger partial charge in [-0.05, 0) is 17.7 Å². The molecule has 0 amide bonds. The molecule has 1 unspecified atom stereocenters. The molecule has 0 spiro atoms. The first kappa shape index (κ1) is 15.1. The third kappa shape index (κ3) is 3.43. The molecule has 0 saturated heterocycles. The van der Waals surface area contributed by atoms with Gasteiger partial charge in [-0.2, -0.15) is 0 Å². The summed E-state index contributed by atoms with van der Waals surface area (Å²) in [7, 11) is 0. The predicted molar refractivity (Wildman–Crippen MR) is 78.1 cm³/mol. The van der Waals surface area contributed by atoms with Crippen molar-refractivity contribution in [1.29, 1.82) is 0 Å². The van der Waals surface area contributed by atoms with Gasteiger partial charge in [-0.1, -0.05) is 29.8 Å². The molecule has 0 saturated carbocycles. The Morgan fingerprint density at radius 2 is 1.95 bits per heavy atom. The summed E-state index contributed by atoms with van der Waals surface area (Å²) in [6.45, 7) is 5.22. The molecule has 20 heavy (non-hydrogen) atoms. The summed E-state index contributed by atoms with van der Waals surface area (Å²) in [5.41, 5.74) is 6.54. The minimum atomic E-state index is -0.933. The molecule has 1 atom stereocenters. The number of hydrogen-bond donors (Lipinski definition) is 2. The van der Waals surface area contributed by atoms with E-state index in [2.05, 4.69) is 29.8 Å². The molecule has 6 heteroatoms. The molecule has 0 fully saturated rings. The fourth-order valence-corrected chi connectivity index (χ4v) is 2.56. The molecule has 0 radical (unpaired) electrons. The lowest BCUT2D eigenvalue weighted by atomic mass is 9.97. The summed E-state index contributed by atoms with van der Waals surface area (Å²) in [5, 5.41) is 8.84. The highest BCUT2D eigenvalue weighted by atomic mass is 79.9. The maximum Gasteiger partial charge on any atom is 0.305 e. The molecule has 3 N–H and O–H groups in total. The second-order valence-corrected chi connectivity index (χ2v) is 6.62. The number of carboxylic acid groups (broad SMARTS) is 1. The molecule has 2 rings (SSSR count). The van der Waals surface area contributed by atoms with E-state index in [0.29, 0.717) is 30.3 Å². The van der Waals surface area contributed by atoms with Gasteiger partial charge in [0.2, 0.25) is 0 Å². The predicted octanol–water partition coefficient (Wildman–Crippen LogP) is 2.72. The SMILES string of the molecule is CC1(C)COc2cc(Br)c(C(N)CC(=O)O)cc2OC1. The van der Waals surface area contributed by atoms with Crippen molar-refractivity contribution >= 4 is 21.9 Å². The van der Waals surface area contributed by atoms with Crippen molar-refractivity contribution in [3.8, 4) is 11.5 Å². The molecule has 0 aliphatic carbocycles. The van der Waals surface area contributed by atoms with Crippen LogP contribution in [-0.2, 0) is 4.79 Å². The van der Waals surface area contributed by atoms with Crippen molar-refractivity contribution in [2.45, 2.75) is 26.3 Å². The van der Waals surface area contributed by atoms with Crippen molar-refractivity contribution in [1.82, 2.24) is 0 Å². The van der Waals surface area contributed by atoms with Crippen LogP contribution in [0.3, 0.4) is 0 Å². The van der Waals surface area contributed by atoms with E-state index in [0.717, 1.165) is 4.47 Å². The number of carboxylic acids is 1. The van der Waals surface area contributed by atoms with Crippen LogP contribution in [0.25, 0.3) is 0 Å². The number of hydrogen-bond acceptors (Lipinski definition) is 4. The smallest absolute Gasteiger partial charge is 0.305 e. The van der Waals surface area contributed by atoms with Crippen molar-refractivity contribution in [2.75, 3.05) is 13.2 Å². The van der Waals surface area contributed by atoms with Crippen LogP contribution in [0.4, 0.5) is 0 Å². The molecule has 1 heterocycles. The maximum absolute atomic E-state index is 10.8. The van der Waals surface area contributed by atoms with Crippen molar-refractivity contribution in [2.24, 2.45) is 11.1 Å². The van der Waals surface area contributed by atoms with Gasteiger partial charge in [0.1, 0.15) is 0 Å². The van der Waals surface area contributed by atoms with Crippen LogP contribution in [0.5, 0.6) is 11.5 Å². The Kier molecular flexibility index (Phi) is 4.25. The van der Waals surface area contributed by atoms with Crippen LogP contribution in [0.1, 0.15) is 31.9 Å². The van der Waals surface area contributed by atoms with E-state index in [1.54, 1.807) is 12.1 Å². The second-order valence-electron chi connectivity index (χ2n) is 5.77. The standard InChI is InChI=1S/C14H18BrNO4/c1-14(2)6-19-11-3-8(10(16)5-13(17)18)9(15)4-12(11)20-7-14/h3-4,10H,5-7,16H2,1-2H3,(H,17,18). The Hall–Kier alpha value is -1.27. The number of fused-ring (bicyclic) bond motifs is 1. The highest BCUT2D eigenvalue weighted by molar-refractivity contribution is 9.10. The lowest BCUT2D eigenvalue weighted by Crippen LogP contribution is -2.26. The monoisotopic (exact) mass is 343 g/mol. The summed E-state index contributed by atoms with van der Waals surface area (Å²) in [4.78, 5) is 10.8. The Bertz CT molecular complexity index is 530. The Morgan fingerprint density at radius 1 is 1.40 bits per heavy atom. The van der Waals surface area contributed by atoms with Gasteiger partial charge in [-0.25, -0.2) is 0 Å². The van der Waals surface area contributed by atoms with Crippen molar-refractivity contribution < 1.29 is 19.4 Å². The first-order valence-electron chi connectivity index (χ1n) is 6.35. The van der Waals surface area contributed by atoms with Gasteiger partial charge in [0, 0.05) is 15.9 Å². The van der Waals surface area contributed by atoms with Gasteiger partial charge in [-0.15, -0.1) is 0 Å². The number of halogens is 1. The number of carbonyl (C=O) groups is 1. The molecule has 1 aromatic rings. The molecule has 0 aromatic heterocycles. The highest BCUT2D eigenvalue weighted by Crippen LogP contribution is 2.39. The zero-order valence-corrected chi connectivity index (χ0v) is 13.1. The van der Waals surface area contributed by atoms with Gasteiger partial charge in [0.15, 0.2) is 11.5 Å². The van der Waals surface area contributed by atoms with Crippen LogP contribution in [0, 0.1) is 5.41 Å². The van der Waals surface area contributed by atoms with E-state index in [-0.39, 0.29) is 11.8 Å². The van der Waals surface area contributed by atoms with Gasteiger partial charge in [0.05, 0.1) is 19.6 Å². The Balaban J connectivity index is 2.31. The number of rotatable bonds is 3. The highest BCUT2D eigenvalue weighted by Gasteiger charge is 2.26. The third-order valence-electron chi connectivity index (χ3n) is 3.09. The normalized spacial score (nSPS) is 18.2. The first-order valence-corrected chi connectivity index (χ1v) is 7.14. The topological polar surface area (TPSA) is 81.8 Å². The maximum atomic E-state index is 10.8. The largest absolute Gasteiger partial charge is 0.489 e. The quantitative estimate of drug-likeness (QED) is 0.881. The zero-order valence-electron chi connectivity index (χ0n) is 11.5. The summed E-state index contributed by atoms with van der Waals surface area (Å²) in [6, 6.07) is 2.95. The average Bonchev–Trinajstić information content (AvgIpc) is 2.47. The van der Waals surface area contributed by atoms with Crippen LogP contribution in [0.15, 0.2) is 16.6 Å². The molecule has 110 valence electrons. The number of aliphatic carboxylic acids is 1. The fraction of sp³-hybridized carbons (Fsp3) is 0.500. The van der Waals surface area contributed by atoms with Crippen LogP contribution >= 0.6 is 15.9 Å². The Morgan fingerprint density at radius 3 is 2.50 bits per heavy atom. The fourth-order valence-electron chi connectivity index (χ4n) is 1.95. The van der Waals surface area contributed by atoms with Gasteiger partial charge < -0.3 is 20.3 Å². The molecule has 5 nitrogen and oxygen atoms in total. The van der Waals surface area contributed by atoms with E-state index in [1.807, 2.05) is 0 Å². The van der Waals surface area contributed by atoms with Crippen molar-refractivity contribution in [3.63, 3.8) is 0 Å². The summed E-state index contributed by atoms with van der Waals surface area (Å²) in [6.07, 6.45) is -0.135. The van der Waals surface area contributed by atoms with Crippen LogP contribution < -0.4 is 15.2 Å².